The van der Waals surface area contributed by atoms with E-state index in [4.69, 9.17) is 11.6 Å². The zero-order chi connectivity index (χ0) is 18.4. The van der Waals surface area contributed by atoms with Gasteiger partial charge in [0.1, 0.15) is 10.7 Å². The molecule has 3 heterocycles. The van der Waals surface area contributed by atoms with Gasteiger partial charge in [-0.05, 0) is 36.6 Å². The highest BCUT2D eigenvalue weighted by Gasteiger charge is 2.24. The lowest BCUT2D eigenvalue weighted by Gasteiger charge is -2.17. The van der Waals surface area contributed by atoms with E-state index >= 15 is 0 Å². The average Bonchev–Trinajstić information content (AvgIpc) is 3.19. The smallest absolute Gasteiger partial charge is 0.264 e. The zero-order valence-corrected chi connectivity index (χ0v) is 16.2. The first-order chi connectivity index (χ1) is 12.5. The van der Waals surface area contributed by atoms with E-state index < -0.39 is 0 Å². The zero-order valence-electron chi connectivity index (χ0n) is 14.6. The Morgan fingerprint density at radius 2 is 2.23 bits per heavy atom. The molecule has 0 spiro atoms. The lowest BCUT2D eigenvalue weighted by Crippen LogP contribution is -2.26. The van der Waals surface area contributed by atoms with Gasteiger partial charge in [0, 0.05) is 31.6 Å². The van der Waals surface area contributed by atoms with E-state index in [1.165, 1.54) is 11.3 Å². The molecular formula is C19H18ClN3O2S. The summed E-state index contributed by atoms with van der Waals surface area (Å²) in [6, 6.07) is 7.46. The van der Waals surface area contributed by atoms with Crippen LogP contribution in [-0.2, 0) is 19.5 Å². The van der Waals surface area contributed by atoms with Crippen molar-refractivity contribution < 1.29 is 4.79 Å². The lowest BCUT2D eigenvalue weighted by atomic mass is 10.2. The van der Waals surface area contributed by atoms with Crippen LogP contribution < -0.4 is 5.56 Å². The summed E-state index contributed by atoms with van der Waals surface area (Å²) in [4.78, 5) is 33.2. The van der Waals surface area contributed by atoms with Crippen LogP contribution in [0.1, 0.15) is 33.0 Å². The van der Waals surface area contributed by atoms with Crippen molar-refractivity contribution in [1.29, 1.82) is 0 Å². The number of thiophene rings is 1. The normalized spacial score (nSPS) is 13.2. The van der Waals surface area contributed by atoms with Gasteiger partial charge < -0.3 is 4.90 Å². The second-order valence-corrected chi connectivity index (χ2v) is 8.05. The molecule has 0 unspecified atom stereocenters. The monoisotopic (exact) mass is 387 g/mol. The number of carbonyl (C=O) groups excluding carboxylic acids is 1. The number of benzene rings is 1. The maximum Gasteiger partial charge on any atom is 0.264 e. The van der Waals surface area contributed by atoms with Crippen molar-refractivity contribution >= 4 is 39.1 Å². The number of aromatic nitrogens is 2. The van der Waals surface area contributed by atoms with E-state index in [0.717, 1.165) is 29.8 Å². The highest BCUT2D eigenvalue weighted by Crippen LogP contribution is 2.29. The van der Waals surface area contributed by atoms with Crippen LogP contribution in [0.4, 0.5) is 0 Å². The Morgan fingerprint density at radius 1 is 1.42 bits per heavy atom. The fourth-order valence-corrected chi connectivity index (χ4v) is 4.83. The fourth-order valence-electron chi connectivity index (χ4n) is 3.43. The third-order valence-electron chi connectivity index (χ3n) is 4.76. The molecule has 0 fully saturated rings. The highest BCUT2D eigenvalue weighted by atomic mass is 35.5. The fraction of sp³-hybridized carbons (Fsp3) is 0.316. The van der Waals surface area contributed by atoms with Crippen molar-refractivity contribution in [3.8, 4) is 0 Å². The largest absolute Gasteiger partial charge is 0.337 e. The minimum Gasteiger partial charge on any atom is -0.337 e. The van der Waals surface area contributed by atoms with Crippen molar-refractivity contribution in [1.82, 2.24) is 14.5 Å². The summed E-state index contributed by atoms with van der Waals surface area (Å²) in [5, 5.41) is 1.23. The molecule has 134 valence electrons. The molecule has 1 aliphatic rings. The summed E-state index contributed by atoms with van der Waals surface area (Å²) < 4.78 is 1.74. The summed E-state index contributed by atoms with van der Waals surface area (Å²) in [6.07, 6.45) is 1.77. The number of nitrogens with zero attached hydrogens (tertiary/aromatic N) is 3. The summed E-state index contributed by atoms with van der Waals surface area (Å²) in [6.45, 7) is 3.00. The number of fused-ring (bicyclic) bond motifs is 2. The molecule has 1 aliphatic heterocycles. The minimum atomic E-state index is -0.102. The van der Waals surface area contributed by atoms with Gasteiger partial charge in [0.15, 0.2) is 0 Å². The molecule has 4 rings (SSSR count). The quantitative estimate of drug-likeness (QED) is 0.689. The summed E-state index contributed by atoms with van der Waals surface area (Å²) >= 11 is 7.34. The van der Waals surface area contributed by atoms with Gasteiger partial charge in [-0.2, -0.15) is 0 Å². The van der Waals surface area contributed by atoms with E-state index in [1.54, 1.807) is 22.6 Å². The van der Waals surface area contributed by atoms with Crippen LogP contribution in [0, 0.1) is 6.92 Å². The van der Waals surface area contributed by atoms with Crippen molar-refractivity contribution in [2.45, 2.75) is 32.9 Å². The molecule has 3 aromatic rings. The number of aryl methyl sites for hydroxylation is 2. The molecule has 1 amide bonds. The first-order valence-electron chi connectivity index (χ1n) is 8.48. The standard InChI is InChI=1S/C19H18ClN3O2S/c1-11-15-17(21-14-7-4-8-23(14)18(15)24)26-16(11)19(25)22(2)10-12-5-3-6-13(20)9-12/h3,5-6,9H,4,7-8,10H2,1-2H3. The van der Waals surface area contributed by atoms with Crippen molar-refractivity contribution in [3.63, 3.8) is 0 Å². The maximum atomic E-state index is 13.0. The van der Waals surface area contributed by atoms with Gasteiger partial charge in [0.2, 0.25) is 0 Å². The summed E-state index contributed by atoms with van der Waals surface area (Å²) in [5.74, 6) is 0.727. The van der Waals surface area contributed by atoms with Gasteiger partial charge in [-0.25, -0.2) is 4.98 Å². The first-order valence-corrected chi connectivity index (χ1v) is 9.68. The average molecular weight is 388 g/mol. The van der Waals surface area contributed by atoms with Crippen molar-refractivity contribution in [2.24, 2.45) is 0 Å². The minimum absolute atomic E-state index is 0.0206. The van der Waals surface area contributed by atoms with Gasteiger partial charge in [-0.3, -0.25) is 14.2 Å². The van der Waals surface area contributed by atoms with Gasteiger partial charge in [-0.15, -0.1) is 11.3 Å². The number of halogens is 1. The third-order valence-corrected chi connectivity index (χ3v) is 6.17. The number of amides is 1. The van der Waals surface area contributed by atoms with Crippen LogP contribution in [0.15, 0.2) is 29.1 Å². The molecule has 2 aromatic heterocycles. The van der Waals surface area contributed by atoms with E-state index in [2.05, 4.69) is 4.98 Å². The van der Waals surface area contributed by atoms with Crippen molar-refractivity contribution in [3.05, 3.63) is 61.5 Å². The van der Waals surface area contributed by atoms with Crippen LogP contribution in [-0.4, -0.2) is 27.4 Å². The number of carbonyl (C=O) groups is 1. The van der Waals surface area contributed by atoms with E-state index in [0.29, 0.717) is 33.2 Å². The lowest BCUT2D eigenvalue weighted by molar-refractivity contribution is 0.0789. The van der Waals surface area contributed by atoms with Crippen LogP contribution in [0.25, 0.3) is 10.2 Å². The van der Waals surface area contributed by atoms with E-state index in [-0.39, 0.29) is 11.5 Å². The molecule has 0 aliphatic carbocycles. The molecule has 0 radical (unpaired) electrons. The van der Waals surface area contributed by atoms with Crippen LogP contribution in [0.2, 0.25) is 5.02 Å². The maximum absolute atomic E-state index is 13.0. The Balaban J connectivity index is 1.70. The first kappa shape index (κ1) is 17.2. The van der Waals surface area contributed by atoms with Gasteiger partial charge >= 0.3 is 0 Å². The molecule has 0 N–H and O–H groups in total. The second-order valence-electron chi connectivity index (χ2n) is 6.62. The highest BCUT2D eigenvalue weighted by molar-refractivity contribution is 7.20. The van der Waals surface area contributed by atoms with Gasteiger partial charge in [0.05, 0.1) is 10.3 Å². The molecule has 0 saturated heterocycles. The Hall–Kier alpha value is -2.18. The second kappa shape index (κ2) is 6.52. The SMILES string of the molecule is Cc1c(C(=O)N(C)Cc2cccc(Cl)c2)sc2nc3n(c(=O)c12)CCC3. The Bertz CT molecular complexity index is 1090. The third kappa shape index (κ3) is 2.83. The van der Waals surface area contributed by atoms with Crippen molar-refractivity contribution in [2.75, 3.05) is 7.05 Å². The molecule has 5 nitrogen and oxygen atoms in total. The topological polar surface area (TPSA) is 55.2 Å². The molecule has 1 aromatic carbocycles. The Morgan fingerprint density at radius 3 is 3.00 bits per heavy atom. The molecule has 7 heteroatoms. The van der Waals surface area contributed by atoms with Crippen LogP contribution in [0.5, 0.6) is 0 Å². The number of hydrogen-bond acceptors (Lipinski definition) is 4. The molecule has 0 bridgehead atoms. The molecule has 0 atom stereocenters. The van der Waals surface area contributed by atoms with Gasteiger partial charge in [0.25, 0.3) is 11.5 Å². The molecule has 0 saturated carbocycles. The molecule has 26 heavy (non-hydrogen) atoms. The van der Waals surface area contributed by atoms with Gasteiger partial charge in [-0.1, -0.05) is 23.7 Å². The van der Waals surface area contributed by atoms with Crippen LogP contribution >= 0.6 is 22.9 Å². The van der Waals surface area contributed by atoms with E-state index in [9.17, 15) is 9.59 Å². The Kier molecular flexibility index (Phi) is 4.32. The predicted octanol–water partition coefficient (Wildman–Crippen LogP) is 3.64. The summed E-state index contributed by atoms with van der Waals surface area (Å²) in [7, 11) is 1.76. The Labute approximate surface area is 159 Å². The predicted molar refractivity (Wildman–Crippen MR) is 104 cm³/mol. The molecular weight excluding hydrogens is 370 g/mol. The summed E-state index contributed by atoms with van der Waals surface area (Å²) in [5.41, 5.74) is 1.67. The van der Waals surface area contributed by atoms with E-state index in [1.807, 2.05) is 25.1 Å². The van der Waals surface area contributed by atoms with Crippen LogP contribution in [0.3, 0.4) is 0 Å². The number of hydrogen-bond donors (Lipinski definition) is 0. The number of rotatable bonds is 3.